The first-order valence-corrected chi connectivity index (χ1v) is 8.59. The van der Waals surface area contributed by atoms with Gasteiger partial charge in [-0.3, -0.25) is 4.98 Å². The number of hydrogen-bond donors (Lipinski definition) is 4. The molecule has 1 fully saturated rings. The summed E-state index contributed by atoms with van der Waals surface area (Å²) in [6.07, 6.45) is -10.0. The van der Waals surface area contributed by atoms with Crippen molar-refractivity contribution in [3.05, 3.63) is 41.9 Å². The highest BCUT2D eigenvalue weighted by Gasteiger charge is 2.44. The number of nitrogens with zero attached hydrogens (tertiary/aromatic N) is 2. The number of alkyl halides is 3. The van der Waals surface area contributed by atoms with Crippen molar-refractivity contribution in [1.82, 2.24) is 9.97 Å². The van der Waals surface area contributed by atoms with Gasteiger partial charge in [-0.1, -0.05) is 0 Å². The molecule has 8 nitrogen and oxygen atoms in total. The summed E-state index contributed by atoms with van der Waals surface area (Å²) in [7, 11) is 0. The van der Waals surface area contributed by atoms with Gasteiger partial charge in [0.05, 0.1) is 24.7 Å². The van der Waals surface area contributed by atoms with Gasteiger partial charge in [0.2, 0.25) is 6.29 Å². The van der Waals surface area contributed by atoms with Crippen molar-refractivity contribution in [1.29, 1.82) is 0 Å². The van der Waals surface area contributed by atoms with Crippen molar-refractivity contribution in [2.45, 2.75) is 43.8 Å². The monoisotopic (exact) mass is 416 g/mol. The molecule has 2 heterocycles. The molecular weight excluding hydrogens is 397 g/mol. The van der Waals surface area contributed by atoms with Crippen LogP contribution in [0.1, 0.15) is 11.3 Å². The highest BCUT2D eigenvalue weighted by molar-refractivity contribution is 5.61. The smallest absolute Gasteiger partial charge is 0.434 e. The number of rotatable bonds is 4. The van der Waals surface area contributed by atoms with E-state index in [2.05, 4.69) is 9.97 Å². The highest BCUT2D eigenvalue weighted by Crippen LogP contribution is 2.30. The van der Waals surface area contributed by atoms with Crippen molar-refractivity contribution in [2.24, 2.45) is 0 Å². The first-order chi connectivity index (χ1) is 13.6. The molecule has 1 aromatic heterocycles. The van der Waals surface area contributed by atoms with Gasteiger partial charge in [0.15, 0.2) is 5.69 Å². The number of aryl methyl sites for hydroxylation is 1. The van der Waals surface area contributed by atoms with E-state index in [0.717, 1.165) is 6.20 Å². The molecule has 0 amide bonds. The summed E-state index contributed by atoms with van der Waals surface area (Å²) >= 11 is 0. The maximum absolute atomic E-state index is 12.6. The van der Waals surface area contributed by atoms with E-state index in [-0.39, 0.29) is 11.4 Å². The molecule has 0 bridgehead atoms. The van der Waals surface area contributed by atoms with Crippen molar-refractivity contribution >= 4 is 0 Å². The van der Waals surface area contributed by atoms with E-state index in [0.29, 0.717) is 17.3 Å². The van der Waals surface area contributed by atoms with Crippen LogP contribution in [-0.2, 0) is 10.9 Å². The largest absolute Gasteiger partial charge is 0.462 e. The van der Waals surface area contributed by atoms with Gasteiger partial charge < -0.3 is 29.9 Å². The van der Waals surface area contributed by atoms with E-state index in [4.69, 9.17) is 9.47 Å². The molecule has 0 radical (unpaired) electrons. The Morgan fingerprint density at radius 2 is 1.79 bits per heavy atom. The predicted octanol–water partition coefficient (Wildman–Crippen LogP) is 0.650. The van der Waals surface area contributed by atoms with Gasteiger partial charge in [-0.15, -0.1) is 0 Å². The van der Waals surface area contributed by atoms with E-state index >= 15 is 0 Å². The topological polar surface area (TPSA) is 125 Å². The van der Waals surface area contributed by atoms with Crippen LogP contribution in [0.2, 0.25) is 0 Å². The molecule has 0 spiro atoms. The second-order valence-electron chi connectivity index (χ2n) is 6.58. The van der Waals surface area contributed by atoms with E-state index in [1.54, 1.807) is 13.0 Å². The van der Waals surface area contributed by atoms with E-state index in [1.807, 2.05) is 0 Å². The van der Waals surface area contributed by atoms with Crippen LogP contribution >= 0.6 is 0 Å². The van der Waals surface area contributed by atoms with Gasteiger partial charge in [0.1, 0.15) is 30.2 Å². The summed E-state index contributed by atoms with van der Waals surface area (Å²) in [5.41, 5.74) is 0.159. The van der Waals surface area contributed by atoms with Gasteiger partial charge >= 0.3 is 6.18 Å². The third-order valence-electron chi connectivity index (χ3n) is 4.50. The number of benzene rings is 1. The average Bonchev–Trinajstić information content (AvgIpc) is 2.69. The molecule has 1 aliphatic rings. The summed E-state index contributed by atoms with van der Waals surface area (Å²) < 4.78 is 48.6. The van der Waals surface area contributed by atoms with Crippen LogP contribution in [-0.4, -0.2) is 67.7 Å². The number of aromatic nitrogens is 2. The molecule has 1 aromatic carbocycles. The third-order valence-corrected chi connectivity index (χ3v) is 4.50. The SMILES string of the molecule is Cc1cc(-c2cnc(C(F)(F)F)cn2)ccc1OC1OC(CO)C(O)C(O)C1O. The fourth-order valence-corrected chi connectivity index (χ4v) is 2.85. The molecule has 4 N–H and O–H groups in total. The number of halogens is 3. The summed E-state index contributed by atoms with van der Waals surface area (Å²) in [5.74, 6) is 0.262. The van der Waals surface area contributed by atoms with Gasteiger partial charge in [-0.2, -0.15) is 13.2 Å². The molecule has 0 aliphatic carbocycles. The highest BCUT2D eigenvalue weighted by atomic mass is 19.4. The molecule has 2 aromatic rings. The number of aliphatic hydroxyl groups is 4. The van der Waals surface area contributed by atoms with E-state index in [9.17, 15) is 33.6 Å². The minimum atomic E-state index is -4.58. The fourth-order valence-electron chi connectivity index (χ4n) is 2.85. The van der Waals surface area contributed by atoms with Gasteiger partial charge in [-0.05, 0) is 30.7 Å². The zero-order valence-corrected chi connectivity index (χ0v) is 15.1. The Balaban J connectivity index is 1.78. The van der Waals surface area contributed by atoms with Crippen molar-refractivity contribution in [2.75, 3.05) is 6.61 Å². The van der Waals surface area contributed by atoms with Crippen LogP contribution in [0, 0.1) is 6.92 Å². The van der Waals surface area contributed by atoms with Crippen LogP contribution in [0.5, 0.6) is 5.75 Å². The first-order valence-electron chi connectivity index (χ1n) is 8.59. The van der Waals surface area contributed by atoms with Gasteiger partial charge in [0.25, 0.3) is 0 Å². The number of ether oxygens (including phenoxy) is 2. The quantitative estimate of drug-likeness (QED) is 0.573. The minimum Gasteiger partial charge on any atom is -0.462 e. The summed E-state index contributed by atoms with van der Waals surface area (Å²) in [6, 6.07) is 4.62. The van der Waals surface area contributed by atoms with E-state index < -0.39 is 49.2 Å². The molecule has 0 saturated carbocycles. The lowest BCUT2D eigenvalue weighted by atomic mass is 9.99. The van der Waals surface area contributed by atoms with Crippen LogP contribution in [0.25, 0.3) is 11.3 Å². The Kier molecular flexibility index (Phi) is 6.05. The van der Waals surface area contributed by atoms with Gasteiger partial charge in [-0.25, -0.2) is 4.98 Å². The van der Waals surface area contributed by atoms with Crippen molar-refractivity contribution in [3.63, 3.8) is 0 Å². The Labute approximate surface area is 163 Å². The standard InChI is InChI=1S/C18H19F3N2O6/c1-8-4-9(10-5-23-13(6-22-10)18(19,20)21)2-3-11(8)28-17-16(27)15(26)14(25)12(7-24)29-17/h2-6,12,14-17,24-27H,7H2,1H3. The molecule has 1 saturated heterocycles. The predicted molar refractivity (Wildman–Crippen MR) is 91.6 cm³/mol. The van der Waals surface area contributed by atoms with Crippen LogP contribution < -0.4 is 4.74 Å². The van der Waals surface area contributed by atoms with E-state index in [1.165, 1.54) is 12.1 Å². The maximum Gasteiger partial charge on any atom is 0.434 e. The molecule has 5 unspecified atom stereocenters. The Hall–Kier alpha value is -2.31. The Bertz CT molecular complexity index is 846. The summed E-state index contributed by atoms with van der Waals surface area (Å²) in [6.45, 7) is 1.07. The van der Waals surface area contributed by atoms with Crippen LogP contribution in [0.3, 0.4) is 0 Å². The van der Waals surface area contributed by atoms with Crippen LogP contribution in [0.15, 0.2) is 30.6 Å². The molecule has 3 rings (SSSR count). The normalized spacial score (nSPS) is 27.7. The molecule has 11 heteroatoms. The average molecular weight is 416 g/mol. The lowest BCUT2D eigenvalue weighted by molar-refractivity contribution is -0.277. The lowest BCUT2D eigenvalue weighted by Gasteiger charge is -2.39. The number of aliphatic hydroxyl groups excluding tert-OH is 4. The summed E-state index contributed by atoms with van der Waals surface area (Å²) in [5, 5.41) is 38.9. The molecule has 1 aliphatic heterocycles. The zero-order valence-electron chi connectivity index (χ0n) is 15.1. The Morgan fingerprint density at radius 1 is 1.07 bits per heavy atom. The van der Waals surface area contributed by atoms with Crippen LogP contribution in [0.4, 0.5) is 13.2 Å². The zero-order chi connectivity index (χ0) is 21.3. The fraction of sp³-hybridized carbons (Fsp3) is 0.444. The Morgan fingerprint density at radius 3 is 2.34 bits per heavy atom. The number of hydrogen-bond acceptors (Lipinski definition) is 8. The first kappa shape index (κ1) is 21.4. The second kappa shape index (κ2) is 8.20. The minimum absolute atomic E-state index is 0.223. The molecule has 29 heavy (non-hydrogen) atoms. The second-order valence-corrected chi connectivity index (χ2v) is 6.58. The van der Waals surface area contributed by atoms with Crippen molar-refractivity contribution < 1.29 is 43.1 Å². The molecular formula is C18H19F3N2O6. The summed E-state index contributed by atoms with van der Waals surface area (Å²) in [4.78, 5) is 7.14. The molecule has 158 valence electrons. The maximum atomic E-state index is 12.6. The lowest BCUT2D eigenvalue weighted by Crippen LogP contribution is -2.60. The third kappa shape index (κ3) is 4.49. The van der Waals surface area contributed by atoms with Crippen molar-refractivity contribution in [3.8, 4) is 17.0 Å². The molecule has 5 atom stereocenters. The van der Waals surface area contributed by atoms with Gasteiger partial charge in [0, 0.05) is 5.56 Å².